The van der Waals surface area contributed by atoms with Crippen molar-refractivity contribution < 1.29 is 14.3 Å². The molecule has 15 heavy (non-hydrogen) atoms. The average molecular weight is 222 g/mol. The van der Waals surface area contributed by atoms with Gasteiger partial charge in [-0.25, -0.2) is 0 Å². The van der Waals surface area contributed by atoms with Crippen LogP contribution in [0.5, 0.6) is 5.06 Å². The van der Waals surface area contributed by atoms with Crippen LogP contribution in [-0.2, 0) is 16.1 Å². The normalized spacial score (nSPS) is 10.2. The van der Waals surface area contributed by atoms with Gasteiger partial charge in [0.25, 0.3) is 6.47 Å². The molecule has 0 aliphatic heterocycles. The highest BCUT2D eigenvalue weighted by Crippen LogP contribution is 2.33. The van der Waals surface area contributed by atoms with Gasteiger partial charge in [0.2, 0.25) is 0 Å². The van der Waals surface area contributed by atoms with Gasteiger partial charge in [0.1, 0.15) is 6.61 Å². The molecule has 0 amide bonds. The zero-order chi connectivity index (χ0) is 10.7. The molecule has 1 aromatic heterocycles. The Labute approximate surface area is 91.2 Å². The van der Waals surface area contributed by atoms with Crippen molar-refractivity contribution in [2.45, 2.75) is 6.61 Å². The van der Waals surface area contributed by atoms with Crippen LogP contribution in [0, 0.1) is 0 Å². The van der Waals surface area contributed by atoms with Gasteiger partial charge in [-0.2, -0.15) is 0 Å². The first kappa shape index (κ1) is 9.98. The van der Waals surface area contributed by atoms with Crippen molar-refractivity contribution in [2.75, 3.05) is 7.11 Å². The van der Waals surface area contributed by atoms with Gasteiger partial charge in [-0.05, 0) is 11.5 Å². The molecule has 78 valence electrons. The number of thiophene rings is 1. The summed E-state index contributed by atoms with van der Waals surface area (Å²) in [6, 6.07) is 7.88. The molecule has 1 heterocycles. The van der Waals surface area contributed by atoms with E-state index in [2.05, 4.69) is 0 Å². The summed E-state index contributed by atoms with van der Waals surface area (Å²) < 4.78 is 11.0. The molecule has 0 bridgehead atoms. The summed E-state index contributed by atoms with van der Waals surface area (Å²) in [6.45, 7) is 0.772. The average Bonchev–Trinajstić information content (AvgIpc) is 2.69. The van der Waals surface area contributed by atoms with Crippen molar-refractivity contribution in [3.63, 3.8) is 0 Å². The third-order valence-corrected chi connectivity index (χ3v) is 3.30. The third kappa shape index (κ3) is 1.94. The zero-order valence-electron chi connectivity index (χ0n) is 8.23. The smallest absolute Gasteiger partial charge is 0.293 e. The summed E-state index contributed by atoms with van der Waals surface area (Å²) in [7, 11) is 1.65. The Hall–Kier alpha value is -1.55. The molecule has 0 aliphatic carbocycles. The van der Waals surface area contributed by atoms with Crippen molar-refractivity contribution in [2.24, 2.45) is 0 Å². The Balaban J connectivity index is 2.44. The molecule has 0 unspecified atom stereocenters. The minimum absolute atomic E-state index is 0.310. The molecule has 3 nitrogen and oxygen atoms in total. The van der Waals surface area contributed by atoms with E-state index in [1.807, 2.05) is 24.3 Å². The van der Waals surface area contributed by atoms with Gasteiger partial charge >= 0.3 is 0 Å². The predicted octanol–water partition coefficient (Wildman–Crippen LogP) is 2.58. The predicted molar refractivity (Wildman–Crippen MR) is 59.2 cm³/mol. The highest BCUT2D eigenvalue weighted by atomic mass is 32.1. The highest BCUT2D eigenvalue weighted by Gasteiger charge is 2.06. The summed E-state index contributed by atoms with van der Waals surface area (Å²) in [5.41, 5.74) is 1.01. The Morgan fingerprint density at radius 1 is 1.47 bits per heavy atom. The van der Waals surface area contributed by atoms with Crippen molar-refractivity contribution in [1.82, 2.24) is 0 Å². The minimum atomic E-state index is 0.310. The van der Waals surface area contributed by atoms with Crippen LogP contribution in [0.25, 0.3) is 10.1 Å². The third-order valence-electron chi connectivity index (χ3n) is 2.11. The summed E-state index contributed by atoms with van der Waals surface area (Å²) >= 11 is 1.56. The lowest BCUT2D eigenvalue weighted by atomic mass is 10.2. The van der Waals surface area contributed by atoms with Crippen LogP contribution in [0.15, 0.2) is 24.3 Å². The maximum Gasteiger partial charge on any atom is 0.293 e. The number of carbonyl (C=O) groups is 1. The fourth-order valence-electron chi connectivity index (χ4n) is 1.44. The van der Waals surface area contributed by atoms with E-state index in [-0.39, 0.29) is 0 Å². The number of methoxy groups -OCH3 is 1. The summed E-state index contributed by atoms with van der Waals surface area (Å²) in [5.74, 6) is 0. The fourth-order valence-corrected chi connectivity index (χ4v) is 2.41. The molecular formula is C11H10O3S. The van der Waals surface area contributed by atoms with Crippen LogP contribution in [0.2, 0.25) is 0 Å². The lowest BCUT2D eigenvalue weighted by Gasteiger charge is -2.00. The molecule has 0 aliphatic rings. The first-order valence-electron chi connectivity index (χ1n) is 4.46. The van der Waals surface area contributed by atoms with Crippen LogP contribution in [-0.4, -0.2) is 13.6 Å². The molecule has 4 heteroatoms. The van der Waals surface area contributed by atoms with Gasteiger partial charge in [-0.15, -0.1) is 0 Å². The second-order valence-electron chi connectivity index (χ2n) is 3.01. The van der Waals surface area contributed by atoms with Gasteiger partial charge < -0.3 is 9.47 Å². The molecule has 1 aromatic carbocycles. The largest absolute Gasteiger partial charge is 0.487 e. The first-order valence-corrected chi connectivity index (χ1v) is 5.27. The number of fused-ring (bicyclic) bond motifs is 1. The quantitative estimate of drug-likeness (QED) is 0.746. The van der Waals surface area contributed by atoms with Crippen molar-refractivity contribution in [1.29, 1.82) is 0 Å². The van der Waals surface area contributed by atoms with E-state index in [9.17, 15) is 4.79 Å². The Morgan fingerprint density at radius 2 is 2.33 bits per heavy atom. The molecule has 0 saturated carbocycles. The molecule has 0 saturated heterocycles. The van der Waals surface area contributed by atoms with Gasteiger partial charge in [-0.3, -0.25) is 4.79 Å². The number of ether oxygens (including phenoxy) is 2. The molecule has 0 spiro atoms. The number of rotatable bonds is 4. The van der Waals surface area contributed by atoms with E-state index >= 15 is 0 Å². The summed E-state index contributed by atoms with van der Waals surface area (Å²) in [4.78, 5) is 10.1. The molecule has 2 aromatic rings. The SMILES string of the molecule is COc1cc2cccc(COC=O)c2s1. The fraction of sp³-hybridized carbons (Fsp3) is 0.182. The van der Waals surface area contributed by atoms with E-state index in [1.54, 1.807) is 18.4 Å². The lowest BCUT2D eigenvalue weighted by molar-refractivity contribution is -0.129. The lowest BCUT2D eigenvalue weighted by Crippen LogP contribution is -1.89. The van der Waals surface area contributed by atoms with Gasteiger partial charge in [-0.1, -0.05) is 29.5 Å². The maximum atomic E-state index is 10.1. The Bertz CT molecular complexity index is 476. The topological polar surface area (TPSA) is 35.5 Å². The van der Waals surface area contributed by atoms with Crippen molar-refractivity contribution in [3.8, 4) is 5.06 Å². The monoisotopic (exact) mass is 222 g/mol. The van der Waals surface area contributed by atoms with Gasteiger partial charge in [0.15, 0.2) is 5.06 Å². The standard InChI is InChI=1S/C11H10O3S/c1-13-10-5-8-3-2-4-9(6-14-7-12)11(8)15-10/h2-5,7H,6H2,1H3. The van der Waals surface area contributed by atoms with Crippen molar-refractivity contribution in [3.05, 3.63) is 29.8 Å². The molecular weight excluding hydrogens is 212 g/mol. The number of hydrogen-bond donors (Lipinski definition) is 0. The van der Waals surface area contributed by atoms with E-state index in [0.717, 1.165) is 20.7 Å². The second kappa shape index (κ2) is 4.31. The molecule has 0 fully saturated rings. The molecule has 0 radical (unpaired) electrons. The number of benzene rings is 1. The van der Waals surface area contributed by atoms with E-state index in [0.29, 0.717) is 13.1 Å². The van der Waals surface area contributed by atoms with Gasteiger partial charge in [0.05, 0.1) is 7.11 Å². The second-order valence-corrected chi connectivity index (χ2v) is 4.03. The Morgan fingerprint density at radius 3 is 3.07 bits per heavy atom. The van der Waals surface area contributed by atoms with Crippen LogP contribution in [0.4, 0.5) is 0 Å². The Kier molecular flexibility index (Phi) is 2.87. The first-order chi connectivity index (χ1) is 7.35. The summed E-state index contributed by atoms with van der Waals surface area (Å²) in [5, 5.41) is 1.98. The highest BCUT2D eigenvalue weighted by molar-refractivity contribution is 7.21. The minimum Gasteiger partial charge on any atom is -0.487 e. The van der Waals surface area contributed by atoms with E-state index in [1.165, 1.54) is 0 Å². The van der Waals surface area contributed by atoms with Crippen LogP contribution >= 0.6 is 11.3 Å². The van der Waals surface area contributed by atoms with E-state index < -0.39 is 0 Å². The number of carbonyl (C=O) groups excluding carboxylic acids is 1. The van der Waals surface area contributed by atoms with E-state index in [4.69, 9.17) is 9.47 Å². The summed E-state index contributed by atoms with van der Waals surface area (Å²) in [6.07, 6.45) is 0. The van der Waals surface area contributed by atoms with Gasteiger partial charge in [0, 0.05) is 10.3 Å². The molecule has 2 rings (SSSR count). The van der Waals surface area contributed by atoms with Crippen LogP contribution in [0.1, 0.15) is 5.56 Å². The molecule has 0 atom stereocenters. The van der Waals surface area contributed by atoms with Crippen molar-refractivity contribution >= 4 is 27.9 Å². The zero-order valence-corrected chi connectivity index (χ0v) is 9.04. The maximum absolute atomic E-state index is 10.1. The van der Waals surface area contributed by atoms with Crippen LogP contribution in [0.3, 0.4) is 0 Å². The van der Waals surface area contributed by atoms with Crippen LogP contribution < -0.4 is 4.74 Å². The molecule has 0 N–H and O–H groups in total. The number of hydrogen-bond acceptors (Lipinski definition) is 4.